The SMILES string of the molecule is CC[C@H](C)[C@H](NC(=O)[C@H](CC(C)C)NC(=O)[C@H](CC(N)=O)NC(=O)[C@@H](N)CCC(=O)O)C(=O)N[C@H](C(=O)N[C@@H](CC(C)C)C(=O)O)[C@@H](C)CC. The topological polar surface area (TPSA) is 289 Å². The first-order valence-electron chi connectivity index (χ1n) is 17.1. The van der Waals surface area contributed by atoms with Gasteiger partial charge in [-0.15, -0.1) is 0 Å². The second-order valence-electron chi connectivity index (χ2n) is 13.7. The number of hydrogen-bond acceptors (Lipinski definition) is 9. The van der Waals surface area contributed by atoms with E-state index in [0.29, 0.717) is 12.8 Å². The highest BCUT2D eigenvalue weighted by Gasteiger charge is 2.36. The molecule has 8 atom stereocenters. The summed E-state index contributed by atoms with van der Waals surface area (Å²) < 4.78 is 0. The van der Waals surface area contributed by atoms with Gasteiger partial charge in [-0.05, 0) is 42.9 Å². The highest BCUT2D eigenvalue weighted by Crippen LogP contribution is 2.15. The molecule has 0 heterocycles. The van der Waals surface area contributed by atoms with Crippen LogP contribution in [0.1, 0.15) is 100 Å². The molecule has 286 valence electrons. The molecule has 50 heavy (non-hydrogen) atoms. The van der Waals surface area contributed by atoms with E-state index in [1.165, 1.54) is 0 Å². The van der Waals surface area contributed by atoms with Gasteiger partial charge in [0.1, 0.15) is 30.2 Å². The van der Waals surface area contributed by atoms with Gasteiger partial charge in [0.15, 0.2) is 0 Å². The number of hydrogen-bond donors (Lipinski definition) is 9. The molecule has 0 radical (unpaired) electrons. The van der Waals surface area contributed by atoms with Crippen molar-refractivity contribution in [1.82, 2.24) is 26.6 Å². The molecule has 0 unspecified atom stereocenters. The molecule has 0 saturated carbocycles. The molecule has 17 nitrogen and oxygen atoms in total. The Morgan fingerprint density at radius 2 is 0.980 bits per heavy atom. The first-order valence-corrected chi connectivity index (χ1v) is 17.1. The van der Waals surface area contributed by atoms with Gasteiger partial charge in [-0.1, -0.05) is 68.2 Å². The Bertz CT molecular complexity index is 1200. The molecule has 0 spiro atoms. The van der Waals surface area contributed by atoms with Crippen LogP contribution in [0.2, 0.25) is 0 Å². The van der Waals surface area contributed by atoms with E-state index in [1.807, 2.05) is 20.8 Å². The van der Waals surface area contributed by atoms with Crippen LogP contribution in [-0.4, -0.2) is 93.8 Å². The minimum Gasteiger partial charge on any atom is -0.481 e. The standard InChI is InChI=1S/C33H59N7O10/c1-9-18(7)26(31(47)38-23(33(49)50)14-17(5)6)40-32(48)27(19(8)10-2)39-30(46)21(13-16(3)4)37-29(45)22(15-24(35)41)36-28(44)20(34)11-12-25(42)43/h16-23,26-27H,9-15,34H2,1-8H3,(H2,35,41)(H,36,44)(H,37,45)(H,38,47)(H,39,46)(H,40,48)(H,42,43)(H,49,50)/t18-,19-,20-,21-,22-,23-,26-,27-/m0/s1. The van der Waals surface area contributed by atoms with Crippen molar-refractivity contribution in [3.05, 3.63) is 0 Å². The van der Waals surface area contributed by atoms with Crippen molar-refractivity contribution in [2.24, 2.45) is 35.1 Å². The van der Waals surface area contributed by atoms with E-state index in [9.17, 15) is 43.5 Å². The van der Waals surface area contributed by atoms with Crippen LogP contribution in [-0.2, 0) is 38.4 Å². The molecular weight excluding hydrogens is 654 g/mol. The Morgan fingerprint density at radius 1 is 0.580 bits per heavy atom. The Morgan fingerprint density at radius 3 is 1.40 bits per heavy atom. The molecule has 0 aliphatic heterocycles. The summed E-state index contributed by atoms with van der Waals surface area (Å²) in [6, 6.07) is -7.53. The second kappa shape index (κ2) is 22.4. The number of rotatable bonds is 24. The minimum atomic E-state index is -1.54. The van der Waals surface area contributed by atoms with E-state index in [2.05, 4.69) is 26.6 Å². The minimum absolute atomic E-state index is 0.0268. The van der Waals surface area contributed by atoms with Gasteiger partial charge in [0.05, 0.1) is 12.5 Å². The van der Waals surface area contributed by atoms with Gasteiger partial charge in [-0.25, -0.2) is 4.79 Å². The van der Waals surface area contributed by atoms with Crippen molar-refractivity contribution >= 4 is 47.4 Å². The van der Waals surface area contributed by atoms with Crippen molar-refractivity contribution in [3.63, 3.8) is 0 Å². The van der Waals surface area contributed by atoms with E-state index >= 15 is 0 Å². The Labute approximate surface area is 294 Å². The number of nitrogens with one attached hydrogen (secondary N) is 5. The summed E-state index contributed by atoms with van der Waals surface area (Å²) >= 11 is 0. The quantitative estimate of drug-likeness (QED) is 0.0628. The third-order valence-corrected chi connectivity index (χ3v) is 8.29. The molecule has 0 fully saturated rings. The molecule has 17 heteroatoms. The first kappa shape index (κ1) is 45.7. The van der Waals surface area contributed by atoms with Crippen LogP contribution >= 0.6 is 0 Å². The van der Waals surface area contributed by atoms with Gasteiger partial charge in [0, 0.05) is 6.42 Å². The predicted octanol–water partition coefficient (Wildman–Crippen LogP) is -0.253. The highest BCUT2D eigenvalue weighted by molar-refractivity contribution is 5.97. The average molecular weight is 714 g/mol. The lowest BCUT2D eigenvalue weighted by Crippen LogP contribution is -2.61. The van der Waals surface area contributed by atoms with Crippen LogP contribution in [0.5, 0.6) is 0 Å². The number of carbonyl (C=O) groups is 8. The zero-order chi connectivity index (χ0) is 38.9. The van der Waals surface area contributed by atoms with Crippen LogP contribution in [0, 0.1) is 23.7 Å². The number of carboxylic acid groups (broad SMARTS) is 2. The molecule has 0 rings (SSSR count). The van der Waals surface area contributed by atoms with Crippen LogP contribution < -0.4 is 38.1 Å². The molecule has 0 aromatic heterocycles. The van der Waals surface area contributed by atoms with Crippen molar-refractivity contribution in [1.29, 1.82) is 0 Å². The zero-order valence-corrected chi connectivity index (χ0v) is 30.5. The fourth-order valence-corrected chi connectivity index (χ4v) is 4.93. The summed E-state index contributed by atoms with van der Waals surface area (Å²) in [5.74, 6) is -8.30. The smallest absolute Gasteiger partial charge is 0.326 e. The molecule has 0 aromatic rings. The summed E-state index contributed by atoms with van der Waals surface area (Å²) in [6.45, 7) is 14.3. The fourth-order valence-electron chi connectivity index (χ4n) is 4.93. The Kier molecular flexibility index (Phi) is 20.5. The van der Waals surface area contributed by atoms with Gasteiger partial charge in [-0.3, -0.25) is 33.6 Å². The Hall–Kier alpha value is -4.28. The molecule has 0 bridgehead atoms. The number of amides is 6. The van der Waals surface area contributed by atoms with Gasteiger partial charge in [0.25, 0.3) is 0 Å². The maximum atomic E-state index is 13.7. The normalized spacial score (nSPS) is 16.1. The maximum absolute atomic E-state index is 13.7. The first-order chi connectivity index (χ1) is 23.1. The number of nitrogens with two attached hydrogens (primary N) is 2. The van der Waals surface area contributed by atoms with Crippen LogP contribution in [0.4, 0.5) is 0 Å². The molecular formula is C33H59N7O10. The van der Waals surface area contributed by atoms with Crippen molar-refractivity contribution < 1.29 is 48.6 Å². The van der Waals surface area contributed by atoms with Crippen LogP contribution in [0.25, 0.3) is 0 Å². The predicted molar refractivity (Wildman–Crippen MR) is 184 cm³/mol. The maximum Gasteiger partial charge on any atom is 0.326 e. The summed E-state index contributed by atoms with van der Waals surface area (Å²) in [7, 11) is 0. The van der Waals surface area contributed by atoms with Crippen molar-refractivity contribution in [2.45, 2.75) is 137 Å². The largest absolute Gasteiger partial charge is 0.481 e. The van der Waals surface area contributed by atoms with Gasteiger partial charge < -0.3 is 48.3 Å². The van der Waals surface area contributed by atoms with E-state index < -0.39 is 108 Å². The molecule has 0 aromatic carbocycles. The summed E-state index contributed by atoms with van der Waals surface area (Å²) in [5, 5.41) is 31.2. The third kappa shape index (κ3) is 16.9. The van der Waals surface area contributed by atoms with E-state index in [4.69, 9.17) is 16.6 Å². The van der Waals surface area contributed by atoms with Crippen LogP contribution in [0.3, 0.4) is 0 Å². The summed E-state index contributed by atoms with van der Waals surface area (Å²) in [5.41, 5.74) is 11.0. The average Bonchev–Trinajstić information content (AvgIpc) is 3.01. The summed E-state index contributed by atoms with van der Waals surface area (Å²) in [6.07, 6.45) is -0.116. The fraction of sp³-hybridized carbons (Fsp3) is 0.758. The molecule has 0 aliphatic rings. The van der Waals surface area contributed by atoms with Gasteiger partial charge >= 0.3 is 11.9 Å². The van der Waals surface area contributed by atoms with Gasteiger partial charge in [-0.2, -0.15) is 0 Å². The number of carbonyl (C=O) groups excluding carboxylic acids is 6. The molecule has 11 N–H and O–H groups in total. The lowest BCUT2D eigenvalue weighted by Gasteiger charge is -2.31. The number of aliphatic carboxylic acids is 2. The van der Waals surface area contributed by atoms with Crippen LogP contribution in [0.15, 0.2) is 0 Å². The van der Waals surface area contributed by atoms with E-state index in [0.717, 1.165) is 0 Å². The Balaban J connectivity index is 6.19. The number of primary amides is 1. The van der Waals surface area contributed by atoms with E-state index in [-0.39, 0.29) is 31.1 Å². The van der Waals surface area contributed by atoms with Gasteiger partial charge in [0.2, 0.25) is 35.4 Å². The highest BCUT2D eigenvalue weighted by atomic mass is 16.4. The molecule has 0 saturated heterocycles. The van der Waals surface area contributed by atoms with E-state index in [1.54, 1.807) is 34.6 Å². The van der Waals surface area contributed by atoms with Crippen molar-refractivity contribution in [3.8, 4) is 0 Å². The lowest BCUT2D eigenvalue weighted by molar-refractivity contribution is -0.143. The number of carboxylic acids is 2. The second-order valence-corrected chi connectivity index (χ2v) is 13.7. The molecule has 6 amide bonds. The van der Waals surface area contributed by atoms with Crippen molar-refractivity contribution in [2.75, 3.05) is 0 Å². The lowest BCUT2D eigenvalue weighted by atomic mass is 9.93. The molecule has 0 aliphatic carbocycles. The zero-order valence-electron chi connectivity index (χ0n) is 30.5. The summed E-state index contributed by atoms with van der Waals surface area (Å²) in [4.78, 5) is 101. The monoisotopic (exact) mass is 713 g/mol. The third-order valence-electron chi connectivity index (χ3n) is 8.29.